The van der Waals surface area contributed by atoms with Gasteiger partial charge >= 0.3 is 0 Å². The first-order valence-electron chi connectivity index (χ1n) is 6.39. The van der Waals surface area contributed by atoms with E-state index in [1.165, 1.54) is 12.1 Å². The molecule has 1 aromatic carbocycles. The fourth-order valence-corrected chi connectivity index (χ4v) is 3.52. The number of anilines is 1. The molecule has 1 aliphatic rings. The normalized spacial score (nSPS) is 15.6. The molecule has 0 bridgehead atoms. The Morgan fingerprint density at radius 3 is 2.90 bits per heavy atom. The van der Waals surface area contributed by atoms with Crippen molar-refractivity contribution >= 4 is 21.6 Å². The van der Waals surface area contributed by atoms with E-state index in [9.17, 15) is 13.2 Å². The Labute approximate surface area is 121 Å². The van der Waals surface area contributed by atoms with Crippen LogP contribution in [0.25, 0.3) is 0 Å². The van der Waals surface area contributed by atoms with Gasteiger partial charge in [0.25, 0.3) is 0 Å². The van der Waals surface area contributed by atoms with Gasteiger partial charge in [0.2, 0.25) is 15.9 Å². The molecule has 1 amide bonds. The second-order valence-electron chi connectivity index (χ2n) is 4.92. The molecule has 0 saturated carbocycles. The monoisotopic (exact) mass is 306 g/mol. The molecule has 2 aromatic rings. The minimum absolute atomic E-state index is 0.126. The van der Waals surface area contributed by atoms with Crippen LogP contribution in [0.4, 0.5) is 5.69 Å². The van der Waals surface area contributed by atoms with Gasteiger partial charge in [0, 0.05) is 23.5 Å². The fraction of sp³-hybridized carbons (Fsp3) is 0.231. The standard InChI is InChI=1S/C13H14N4O3S/c1-8(10-6-14-15-7-10)17-21(19,20)11-2-3-12-9(4-11)5-13(18)16-12/h2-4,6-8,17H,5H2,1H3,(H,14,15)(H,16,18). The highest BCUT2D eigenvalue weighted by atomic mass is 32.2. The van der Waals surface area contributed by atoms with E-state index in [1.54, 1.807) is 25.4 Å². The van der Waals surface area contributed by atoms with Gasteiger partial charge in [-0.05, 0) is 30.7 Å². The number of sulfonamides is 1. The van der Waals surface area contributed by atoms with Gasteiger partial charge in [0.15, 0.2) is 0 Å². The average molecular weight is 306 g/mol. The second-order valence-corrected chi connectivity index (χ2v) is 6.63. The van der Waals surface area contributed by atoms with E-state index in [0.29, 0.717) is 11.3 Å². The maximum absolute atomic E-state index is 12.4. The van der Waals surface area contributed by atoms with E-state index in [2.05, 4.69) is 20.2 Å². The second kappa shape index (κ2) is 4.97. The van der Waals surface area contributed by atoms with E-state index < -0.39 is 16.1 Å². The van der Waals surface area contributed by atoms with Crippen LogP contribution in [0.1, 0.15) is 24.1 Å². The molecule has 3 N–H and O–H groups in total. The van der Waals surface area contributed by atoms with Gasteiger partial charge in [-0.1, -0.05) is 0 Å². The zero-order chi connectivity index (χ0) is 15.0. The smallest absolute Gasteiger partial charge is 0.241 e. The number of amides is 1. The van der Waals surface area contributed by atoms with E-state index in [-0.39, 0.29) is 17.2 Å². The van der Waals surface area contributed by atoms with Crippen LogP contribution >= 0.6 is 0 Å². The zero-order valence-electron chi connectivity index (χ0n) is 11.3. The van der Waals surface area contributed by atoms with Crippen LogP contribution in [0, 0.1) is 0 Å². The minimum Gasteiger partial charge on any atom is -0.326 e. The number of H-pyrrole nitrogens is 1. The van der Waals surface area contributed by atoms with Crippen LogP contribution < -0.4 is 10.0 Å². The number of hydrogen-bond donors (Lipinski definition) is 3. The Morgan fingerprint density at radius 1 is 1.38 bits per heavy atom. The molecule has 1 atom stereocenters. The molecule has 0 saturated heterocycles. The predicted molar refractivity (Wildman–Crippen MR) is 76.1 cm³/mol. The quantitative estimate of drug-likeness (QED) is 0.782. The van der Waals surface area contributed by atoms with E-state index in [4.69, 9.17) is 0 Å². The Bertz CT molecular complexity index is 784. The van der Waals surface area contributed by atoms with Crippen LogP contribution in [0.3, 0.4) is 0 Å². The number of aromatic nitrogens is 2. The van der Waals surface area contributed by atoms with Gasteiger partial charge in [0.1, 0.15) is 0 Å². The molecule has 7 nitrogen and oxygen atoms in total. The molecule has 0 aliphatic carbocycles. The zero-order valence-corrected chi connectivity index (χ0v) is 12.1. The maximum Gasteiger partial charge on any atom is 0.241 e. The van der Waals surface area contributed by atoms with E-state index in [0.717, 1.165) is 5.56 Å². The highest BCUT2D eigenvalue weighted by Crippen LogP contribution is 2.26. The number of nitrogens with zero attached hydrogens (tertiary/aromatic N) is 1. The highest BCUT2D eigenvalue weighted by molar-refractivity contribution is 7.89. The van der Waals surface area contributed by atoms with E-state index >= 15 is 0 Å². The predicted octanol–water partition coefficient (Wildman–Crippen LogP) is 0.944. The molecule has 0 radical (unpaired) electrons. The van der Waals surface area contributed by atoms with Gasteiger partial charge in [-0.2, -0.15) is 5.10 Å². The molecule has 2 heterocycles. The molecular formula is C13H14N4O3S. The highest BCUT2D eigenvalue weighted by Gasteiger charge is 2.23. The molecular weight excluding hydrogens is 292 g/mol. The van der Waals surface area contributed by atoms with Crippen LogP contribution in [0.2, 0.25) is 0 Å². The van der Waals surface area contributed by atoms with Crippen molar-refractivity contribution in [1.29, 1.82) is 0 Å². The van der Waals surface area contributed by atoms with Crippen molar-refractivity contribution in [3.05, 3.63) is 41.7 Å². The van der Waals surface area contributed by atoms with Crippen LogP contribution in [0.15, 0.2) is 35.5 Å². The lowest BCUT2D eigenvalue weighted by molar-refractivity contribution is -0.115. The summed E-state index contributed by atoms with van der Waals surface area (Å²) < 4.78 is 27.3. The lowest BCUT2D eigenvalue weighted by atomic mass is 10.2. The van der Waals surface area contributed by atoms with Crippen LogP contribution in [-0.4, -0.2) is 24.5 Å². The van der Waals surface area contributed by atoms with Crippen molar-refractivity contribution in [2.45, 2.75) is 24.3 Å². The minimum atomic E-state index is -3.66. The molecule has 0 fully saturated rings. The third-order valence-corrected chi connectivity index (χ3v) is 4.90. The number of nitrogens with one attached hydrogen (secondary N) is 3. The summed E-state index contributed by atoms with van der Waals surface area (Å²) in [6.07, 6.45) is 3.41. The van der Waals surface area contributed by atoms with Crippen molar-refractivity contribution in [3.63, 3.8) is 0 Å². The summed E-state index contributed by atoms with van der Waals surface area (Å²) in [6, 6.07) is 4.21. The number of rotatable bonds is 4. The number of fused-ring (bicyclic) bond motifs is 1. The molecule has 21 heavy (non-hydrogen) atoms. The van der Waals surface area contributed by atoms with Crippen molar-refractivity contribution in [2.24, 2.45) is 0 Å². The third kappa shape index (κ3) is 2.67. The lowest BCUT2D eigenvalue weighted by Crippen LogP contribution is -2.26. The summed E-state index contributed by atoms with van der Waals surface area (Å²) in [5, 5.41) is 9.11. The summed E-state index contributed by atoms with van der Waals surface area (Å²) in [5.41, 5.74) is 2.11. The Morgan fingerprint density at radius 2 is 2.19 bits per heavy atom. The molecule has 3 rings (SSSR count). The van der Waals surface area contributed by atoms with E-state index in [1.807, 2.05) is 0 Å². The van der Waals surface area contributed by atoms with Gasteiger partial charge in [-0.15, -0.1) is 0 Å². The lowest BCUT2D eigenvalue weighted by Gasteiger charge is -2.13. The summed E-state index contributed by atoms with van der Waals surface area (Å²) in [7, 11) is -3.66. The first-order valence-corrected chi connectivity index (χ1v) is 7.88. The largest absolute Gasteiger partial charge is 0.326 e. The molecule has 1 aromatic heterocycles. The Balaban J connectivity index is 1.86. The van der Waals surface area contributed by atoms with Crippen molar-refractivity contribution in [2.75, 3.05) is 5.32 Å². The number of aromatic amines is 1. The van der Waals surface area contributed by atoms with Gasteiger partial charge in [0.05, 0.1) is 17.5 Å². The fourth-order valence-electron chi connectivity index (χ4n) is 2.24. The first kappa shape index (κ1) is 13.8. The number of carbonyl (C=O) groups is 1. The topological polar surface area (TPSA) is 104 Å². The SMILES string of the molecule is CC(NS(=O)(=O)c1ccc2c(c1)CC(=O)N2)c1cn[nH]c1. The summed E-state index contributed by atoms with van der Waals surface area (Å²) in [6.45, 7) is 1.74. The van der Waals surface area contributed by atoms with Crippen molar-refractivity contribution in [3.8, 4) is 0 Å². The third-order valence-electron chi connectivity index (χ3n) is 3.36. The number of benzene rings is 1. The molecule has 110 valence electrons. The van der Waals surface area contributed by atoms with Gasteiger partial charge in [-0.3, -0.25) is 9.89 Å². The van der Waals surface area contributed by atoms with Gasteiger partial charge in [-0.25, -0.2) is 13.1 Å². The van der Waals surface area contributed by atoms with Crippen LogP contribution in [0.5, 0.6) is 0 Å². The Hall–Kier alpha value is -2.19. The van der Waals surface area contributed by atoms with Crippen LogP contribution in [-0.2, 0) is 21.2 Å². The van der Waals surface area contributed by atoms with Crippen molar-refractivity contribution < 1.29 is 13.2 Å². The Kier molecular flexibility index (Phi) is 3.26. The molecule has 8 heteroatoms. The first-order chi connectivity index (χ1) is 9.95. The number of hydrogen-bond acceptors (Lipinski definition) is 4. The average Bonchev–Trinajstić information content (AvgIpc) is 3.04. The summed E-state index contributed by atoms with van der Waals surface area (Å²) in [4.78, 5) is 11.5. The molecule has 1 aliphatic heterocycles. The summed E-state index contributed by atoms with van der Waals surface area (Å²) in [5.74, 6) is -0.126. The van der Waals surface area contributed by atoms with Gasteiger partial charge < -0.3 is 5.32 Å². The van der Waals surface area contributed by atoms with Crippen molar-refractivity contribution in [1.82, 2.24) is 14.9 Å². The summed E-state index contributed by atoms with van der Waals surface area (Å²) >= 11 is 0. The maximum atomic E-state index is 12.4. The number of carbonyl (C=O) groups excluding carboxylic acids is 1. The molecule has 1 unspecified atom stereocenters. The molecule has 0 spiro atoms.